The number of benzene rings is 4. The van der Waals surface area contributed by atoms with Gasteiger partial charge in [-0.2, -0.15) is 0 Å². The third-order valence-corrected chi connectivity index (χ3v) is 5.64. The van der Waals surface area contributed by atoms with Crippen LogP contribution in [0.5, 0.6) is 5.75 Å². The van der Waals surface area contributed by atoms with Crippen molar-refractivity contribution in [2.24, 2.45) is 0 Å². The first-order valence-electron chi connectivity index (χ1n) is 11.1. The van der Waals surface area contributed by atoms with Gasteiger partial charge in [-0.25, -0.2) is 0 Å². The lowest BCUT2D eigenvalue weighted by atomic mass is 10.00. The van der Waals surface area contributed by atoms with E-state index >= 15 is 0 Å². The van der Waals surface area contributed by atoms with Crippen molar-refractivity contribution >= 4 is 34.0 Å². The monoisotopic (exact) mass is 453 g/mol. The molecule has 34 heavy (non-hydrogen) atoms. The Morgan fingerprint density at radius 3 is 2.32 bits per heavy atom. The van der Waals surface area contributed by atoms with Crippen LogP contribution in [0.1, 0.15) is 28.9 Å². The summed E-state index contributed by atoms with van der Waals surface area (Å²) in [6.45, 7) is 2.21. The highest BCUT2D eigenvalue weighted by Crippen LogP contribution is 2.25. The molecule has 0 bridgehead atoms. The maximum atomic E-state index is 12.6. The number of anilines is 2. The summed E-state index contributed by atoms with van der Waals surface area (Å²) in [6, 6.07) is 28.4. The maximum Gasteiger partial charge on any atom is 0.255 e. The lowest BCUT2D eigenvalue weighted by molar-refractivity contribution is -0.115. The average Bonchev–Trinajstić information content (AvgIpc) is 2.87. The second kappa shape index (κ2) is 10.6. The highest BCUT2D eigenvalue weighted by Gasteiger charge is 2.12. The van der Waals surface area contributed by atoms with Crippen LogP contribution in [0.15, 0.2) is 91.0 Å². The van der Waals surface area contributed by atoms with Crippen molar-refractivity contribution in [2.75, 3.05) is 24.3 Å². The van der Waals surface area contributed by atoms with Crippen LogP contribution in [0, 0.1) is 0 Å². The number of nitrogens with one attached hydrogen (secondary N) is 3. The SMILES string of the molecule is COc1ccccc1NC(=O)c1ccc(NC(=O)CN[C@@H](C)c2cccc3ccccc23)cc1. The molecule has 6 nitrogen and oxygen atoms in total. The zero-order valence-electron chi connectivity index (χ0n) is 19.2. The highest BCUT2D eigenvalue weighted by molar-refractivity contribution is 6.05. The lowest BCUT2D eigenvalue weighted by Gasteiger charge is -2.16. The van der Waals surface area contributed by atoms with Gasteiger partial charge >= 0.3 is 0 Å². The quantitative estimate of drug-likeness (QED) is 0.334. The number of hydrogen-bond acceptors (Lipinski definition) is 4. The van der Waals surface area contributed by atoms with E-state index in [1.807, 2.05) is 37.3 Å². The molecule has 0 spiro atoms. The molecule has 0 aliphatic carbocycles. The van der Waals surface area contributed by atoms with E-state index in [1.54, 1.807) is 43.5 Å². The van der Waals surface area contributed by atoms with Crippen LogP contribution in [-0.4, -0.2) is 25.5 Å². The van der Waals surface area contributed by atoms with Gasteiger partial charge in [-0.3, -0.25) is 9.59 Å². The normalized spacial score (nSPS) is 11.6. The van der Waals surface area contributed by atoms with Gasteiger partial charge in [0.15, 0.2) is 0 Å². The van der Waals surface area contributed by atoms with E-state index in [2.05, 4.69) is 40.2 Å². The molecule has 1 atom stereocenters. The lowest BCUT2D eigenvalue weighted by Crippen LogP contribution is -2.30. The predicted molar refractivity (Wildman–Crippen MR) is 136 cm³/mol. The number of hydrogen-bond donors (Lipinski definition) is 3. The molecule has 0 aromatic heterocycles. The zero-order valence-corrected chi connectivity index (χ0v) is 19.2. The van der Waals surface area contributed by atoms with Crippen LogP contribution in [0.3, 0.4) is 0 Å². The van der Waals surface area contributed by atoms with Crippen LogP contribution in [0.4, 0.5) is 11.4 Å². The van der Waals surface area contributed by atoms with Crippen molar-refractivity contribution in [3.63, 3.8) is 0 Å². The molecule has 0 aliphatic heterocycles. The summed E-state index contributed by atoms with van der Waals surface area (Å²) in [5, 5.41) is 11.3. The smallest absolute Gasteiger partial charge is 0.255 e. The molecule has 4 aromatic carbocycles. The maximum absolute atomic E-state index is 12.6. The Morgan fingerprint density at radius 2 is 1.53 bits per heavy atom. The molecule has 0 radical (unpaired) electrons. The number of methoxy groups -OCH3 is 1. The molecule has 172 valence electrons. The number of amides is 2. The fourth-order valence-corrected chi connectivity index (χ4v) is 3.84. The molecule has 2 amide bonds. The molecule has 0 unspecified atom stereocenters. The number of fused-ring (bicyclic) bond motifs is 1. The largest absolute Gasteiger partial charge is 0.495 e. The number of ether oxygens (including phenoxy) is 1. The van der Waals surface area contributed by atoms with Gasteiger partial charge in [-0.15, -0.1) is 0 Å². The minimum atomic E-state index is -0.257. The van der Waals surface area contributed by atoms with Crippen molar-refractivity contribution in [3.05, 3.63) is 102 Å². The van der Waals surface area contributed by atoms with Gasteiger partial charge in [0.25, 0.3) is 5.91 Å². The molecular weight excluding hydrogens is 426 g/mol. The fraction of sp³-hybridized carbons (Fsp3) is 0.143. The Morgan fingerprint density at radius 1 is 0.824 bits per heavy atom. The summed E-state index contributed by atoms with van der Waals surface area (Å²) >= 11 is 0. The molecule has 0 heterocycles. The van der Waals surface area contributed by atoms with E-state index in [9.17, 15) is 9.59 Å². The number of carbonyl (C=O) groups excluding carboxylic acids is 2. The molecule has 4 rings (SSSR count). The molecule has 0 fully saturated rings. The van der Waals surface area contributed by atoms with Crippen molar-refractivity contribution in [3.8, 4) is 5.75 Å². The second-order valence-electron chi connectivity index (χ2n) is 7.95. The minimum absolute atomic E-state index is 0.0119. The van der Waals surface area contributed by atoms with Gasteiger partial charge in [0.2, 0.25) is 5.91 Å². The first-order valence-corrected chi connectivity index (χ1v) is 11.1. The Hall–Kier alpha value is -4.16. The predicted octanol–water partition coefficient (Wildman–Crippen LogP) is 5.39. The molecule has 4 aromatic rings. The van der Waals surface area contributed by atoms with Gasteiger partial charge < -0.3 is 20.7 Å². The summed E-state index contributed by atoms with van der Waals surface area (Å²) in [7, 11) is 1.56. The molecular formula is C28H27N3O3. The topological polar surface area (TPSA) is 79.5 Å². The van der Waals surface area contributed by atoms with E-state index in [4.69, 9.17) is 4.74 Å². The van der Waals surface area contributed by atoms with Gasteiger partial charge in [0.1, 0.15) is 5.75 Å². The van der Waals surface area contributed by atoms with E-state index in [0.717, 1.165) is 5.56 Å². The van der Waals surface area contributed by atoms with Crippen molar-refractivity contribution < 1.29 is 14.3 Å². The standard InChI is InChI=1S/C28H27N3O3/c1-19(23-11-7-9-20-8-3-4-10-24(20)23)29-18-27(32)30-22-16-14-21(15-17-22)28(33)31-25-12-5-6-13-26(25)34-2/h3-17,19,29H,18H2,1-2H3,(H,30,32)(H,31,33)/t19-/m0/s1. The summed E-state index contributed by atoms with van der Waals surface area (Å²) in [4.78, 5) is 25.0. The summed E-state index contributed by atoms with van der Waals surface area (Å²) < 4.78 is 5.27. The molecule has 0 saturated heterocycles. The van der Waals surface area contributed by atoms with Crippen LogP contribution in [-0.2, 0) is 4.79 Å². The minimum Gasteiger partial charge on any atom is -0.495 e. The second-order valence-corrected chi connectivity index (χ2v) is 7.95. The van der Waals surface area contributed by atoms with Crippen LogP contribution in [0.2, 0.25) is 0 Å². The Kier molecular flexibility index (Phi) is 7.20. The number of carbonyl (C=O) groups is 2. The summed E-state index contributed by atoms with van der Waals surface area (Å²) in [6.07, 6.45) is 0. The van der Waals surface area contributed by atoms with Gasteiger partial charge in [0, 0.05) is 17.3 Å². The third kappa shape index (κ3) is 5.42. The highest BCUT2D eigenvalue weighted by atomic mass is 16.5. The van der Waals surface area contributed by atoms with Gasteiger partial charge in [0.05, 0.1) is 19.3 Å². The van der Waals surface area contributed by atoms with Crippen LogP contribution in [0.25, 0.3) is 10.8 Å². The summed E-state index contributed by atoms with van der Waals surface area (Å²) in [5.41, 5.74) is 2.85. The van der Waals surface area contributed by atoms with E-state index < -0.39 is 0 Å². The van der Waals surface area contributed by atoms with Crippen molar-refractivity contribution in [1.29, 1.82) is 0 Å². The molecule has 3 N–H and O–H groups in total. The Balaban J connectivity index is 1.32. The summed E-state index contributed by atoms with van der Waals surface area (Å²) in [5.74, 6) is 0.177. The molecule has 0 aliphatic rings. The zero-order chi connectivity index (χ0) is 23.9. The fourth-order valence-electron chi connectivity index (χ4n) is 3.84. The average molecular weight is 454 g/mol. The van der Waals surface area contributed by atoms with Gasteiger partial charge in [-0.1, -0.05) is 54.6 Å². The Labute approximate surface area is 199 Å². The van der Waals surface area contributed by atoms with Crippen molar-refractivity contribution in [1.82, 2.24) is 5.32 Å². The van der Waals surface area contributed by atoms with E-state index in [0.29, 0.717) is 22.7 Å². The number of rotatable bonds is 8. The number of para-hydroxylation sites is 2. The van der Waals surface area contributed by atoms with E-state index in [-0.39, 0.29) is 24.4 Å². The van der Waals surface area contributed by atoms with Crippen LogP contribution >= 0.6 is 0 Å². The molecule has 0 saturated carbocycles. The van der Waals surface area contributed by atoms with Crippen molar-refractivity contribution in [2.45, 2.75) is 13.0 Å². The van der Waals surface area contributed by atoms with Crippen LogP contribution < -0.4 is 20.7 Å². The van der Waals surface area contributed by atoms with E-state index in [1.165, 1.54) is 10.8 Å². The molecule has 6 heteroatoms. The third-order valence-electron chi connectivity index (χ3n) is 5.64. The van der Waals surface area contributed by atoms with Gasteiger partial charge in [-0.05, 0) is 59.7 Å². The first-order chi connectivity index (χ1) is 16.5. The Bertz CT molecular complexity index is 1300. The first kappa shape index (κ1) is 23.0.